The van der Waals surface area contributed by atoms with Gasteiger partial charge in [-0.3, -0.25) is 5.10 Å². The summed E-state index contributed by atoms with van der Waals surface area (Å²) in [5, 5.41) is 23.6. The summed E-state index contributed by atoms with van der Waals surface area (Å²) in [5.41, 5.74) is 0.384. The fraction of sp³-hybridized carbons (Fsp3) is 0.471. The molecule has 3 rings (SSSR count). The van der Waals surface area contributed by atoms with Crippen LogP contribution in [0.2, 0.25) is 0 Å². The maximum atomic E-state index is 10.1. The van der Waals surface area contributed by atoms with Crippen LogP contribution < -0.4 is 0 Å². The molecule has 0 bridgehead atoms. The number of rotatable bonds is 8. The predicted molar refractivity (Wildman–Crippen MR) is 94.1 cm³/mol. The van der Waals surface area contributed by atoms with Gasteiger partial charge in [0.15, 0.2) is 5.82 Å². The number of H-pyrrole nitrogens is 1. The average Bonchev–Trinajstić information content (AvgIpc) is 3.21. The van der Waals surface area contributed by atoms with Gasteiger partial charge < -0.3 is 5.11 Å². The van der Waals surface area contributed by atoms with Crippen LogP contribution in [0.5, 0.6) is 0 Å². The maximum absolute atomic E-state index is 10.1. The molecule has 0 spiro atoms. The van der Waals surface area contributed by atoms with Crippen LogP contribution in [0, 0.1) is 0 Å². The van der Waals surface area contributed by atoms with Crippen molar-refractivity contribution in [2.45, 2.75) is 51.7 Å². The monoisotopic (exact) mass is 345 g/mol. The second kappa shape index (κ2) is 7.27. The minimum absolute atomic E-state index is 0.450. The molecule has 128 valence electrons. The zero-order chi connectivity index (χ0) is 17.0. The molecule has 24 heavy (non-hydrogen) atoms. The van der Waals surface area contributed by atoms with E-state index in [-0.39, 0.29) is 0 Å². The zero-order valence-corrected chi connectivity index (χ0v) is 14.9. The molecule has 6 nitrogen and oxygen atoms in total. The van der Waals surface area contributed by atoms with Gasteiger partial charge in [-0.15, -0.1) is 11.3 Å². The highest BCUT2D eigenvalue weighted by atomic mass is 32.1. The molecule has 3 aromatic rings. The Hall–Kier alpha value is -1.99. The first-order chi connectivity index (χ1) is 11.5. The van der Waals surface area contributed by atoms with Crippen LogP contribution in [0.15, 0.2) is 29.9 Å². The van der Waals surface area contributed by atoms with Crippen molar-refractivity contribution in [2.75, 3.05) is 0 Å². The SMILES string of the molecule is CC(C)(O)Cn1nc(Cc2cccs2)nc1CCCc1cn[nH]c1. The lowest BCUT2D eigenvalue weighted by Crippen LogP contribution is -2.28. The van der Waals surface area contributed by atoms with E-state index >= 15 is 0 Å². The van der Waals surface area contributed by atoms with E-state index in [0.29, 0.717) is 6.54 Å². The van der Waals surface area contributed by atoms with Gasteiger partial charge in [0.1, 0.15) is 5.82 Å². The first-order valence-corrected chi connectivity index (χ1v) is 9.02. The van der Waals surface area contributed by atoms with Crippen LogP contribution in [0.1, 0.15) is 42.4 Å². The summed E-state index contributed by atoms with van der Waals surface area (Å²) in [5.74, 6) is 1.76. The number of nitrogens with zero attached hydrogens (tertiary/aromatic N) is 4. The van der Waals surface area contributed by atoms with Gasteiger partial charge in [-0.25, -0.2) is 9.67 Å². The van der Waals surface area contributed by atoms with E-state index in [2.05, 4.69) is 26.7 Å². The second-order valence-electron chi connectivity index (χ2n) is 6.63. The third-order valence-corrected chi connectivity index (χ3v) is 4.54. The topological polar surface area (TPSA) is 79.6 Å². The Kier molecular flexibility index (Phi) is 5.11. The van der Waals surface area contributed by atoms with Crippen molar-refractivity contribution >= 4 is 11.3 Å². The molecule has 2 N–H and O–H groups in total. The molecular formula is C17H23N5OS. The number of aromatic nitrogens is 5. The van der Waals surface area contributed by atoms with Crippen molar-refractivity contribution in [1.82, 2.24) is 25.0 Å². The third kappa shape index (κ3) is 4.75. The van der Waals surface area contributed by atoms with Crippen molar-refractivity contribution in [3.63, 3.8) is 0 Å². The van der Waals surface area contributed by atoms with Gasteiger partial charge in [0, 0.05) is 23.9 Å². The molecule has 0 aliphatic rings. The van der Waals surface area contributed by atoms with Gasteiger partial charge >= 0.3 is 0 Å². The number of hydrogen-bond donors (Lipinski definition) is 2. The normalized spacial score (nSPS) is 12.0. The maximum Gasteiger partial charge on any atom is 0.156 e. The van der Waals surface area contributed by atoms with Crippen molar-refractivity contribution in [3.8, 4) is 0 Å². The molecule has 3 aromatic heterocycles. The summed E-state index contributed by atoms with van der Waals surface area (Å²) in [6, 6.07) is 4.14. The van der Waals surface area contributed by atoms with Crippen LogP contribution in [0.25, 0.3) is 0 Å². The Morgan fingerprint density at radius 3 is 2.88 bits per heavy atom. The van der Waals surface area contributed by atoms with Gasteiger partial charge in [-0.05, 0) is 43.7 Å². The van der Waals surface area contributed by atoms with Crippen LogP contribution in [0.4, 0.5) is 0 Å². The summed E-state index contributed by atoms with van der Waals surface area (Å²) in [4.78, 5) is 5.96. The summed E-state index contributed by atoms with van der Waals surface area (Å²) < 4.78 is 1.86. The van der Waals surface area contributed by atoms with Gasteiger partial charge in [0.2, 0.25) is 0 Å². The Morgan fingerprint density at radius 1 is 1.33 bits per heavy atom. The van der Waals surface area contributed by atoms with Crippen molar-refractivity contribution in [1.29, 1.82) is 0 Å². The van der Waals surface area contributed by atoms with E-state index in [9.17, 15) is 5.11 Å². The fourth-order valence-corrected chi connectivity index (χ4v) is 3.31. The standard InChI is InChI=1S/C17H23N5OS/c1-17(2,23)12-22-16(7-3-5-13-10-18-19-11-13)20-15(21-22)9-14-6-4-8-24-14/h4,6,8,10-11,23H,3,5,7,9,12H2,1-2H3,(H,18,19). The van der Waals surface area contributed by atoms with Gasteiger partial charge in [-0.1, -0.05) is 6.07 Å². The largest absolute Gasteiger partial charge is 0.389 e. The minimum atomic E-state index is -0.812. The first kappa shape index (κ1) is 16.9. The molecule has 0 aliphatic heterocycles. The first-order valence-electron chi connectivity index (χ1n) is 8.15. The number of aliphatic hydroxyl groups is 1. The molecule has 0 aliphatic carbocycles. The lowest BCUT2D eigenvalue weighted by molar-refractivity contribution is 0.0565. The molecule has 0 fully saturated rings. The molecule has 3 heterocycles. The second-order valence-corrected chi connectivity index (χ2v) is 7.66. The van der Waals surface area contributed by atoms with E-state index in [1.165, 1.54) is 10.4 Å². The van der Waals surface area contributed by atoms with Crippen LogP contribution in [-0.2, 0) is 25.8 Å². The Bertz CT molecular complexity index is 741. The quantitative estimate of drug-likeness (QED) is 0.658. The van der Waals surface area contributed by atoms with Gasteiger partial charge in [-0.2, -0.15) is 10.2 Å². The molecular weight excluding hydrogens is 322 g/mol. The number of aryl methyl sites for hydroxylation is 2. The van der Waals surface area contributed by atoms with E-state index in [4.69, 9.17) is 4.98 Å². The number of aromatic amines is 1. The Labute approximate surface area is 145 Å². The van der Waals surface area contributed by atoms with Crippen molar-refractivity contribution < 1.29 is 5.11 Å². The number of hydrogen-bond acceptors (Lipinski definition) is 5. The molecule has 0 atom stereocenters. The molecule has 0 saturated heterocycles. The van der Waals surface area contributed by atoms with E-state index < -0.39 is 5.60 Å². The lowest BCUT2D eigenvalue weighted by atomic mass is 10.1. The van der Waals surface area contributed by atoms with E-state index in [1.54, 1.807) is 25.2 Å². The summed E-state index contributed by atoms with van der Waals surface area (Å²) >= 11 is 1.71. The van der Waals surface area contributed by atoms with Crippen LogP contribution in [0.3, 0.4) is 0 Å². The molecule has 7 heteroatoms. The third-order valence-electron chi connectivity index (χ3n) is 3.66. The van der Waals surface area contributed by atoms with Gasteiger partial charge in [0.25, 0.3) is 0 Å². The fourth-order valence-electron chi connectivity index (χ4n) is 2.61. The molecule has 0 saturated carbocycles. The highest BCUT2D eigenvalue weighted by Crippen LogP contribution is 2.15. The molecule has 0 aromatic carbocycles. The van der Waals surface area contributed by atoms with Crippen molar-refractivity contribution in [2.24, 2.45) is 0 Å². The molecule has 0 radical (unpaired) electrons. The van der Waals surface area contributed by atoms with Gasteiger partial charge in [0.05, 0.1) is 18.3 Å². The van der Waals surface area contributed by atoms with E-state index in [1.807, 2.05) is 23.1 Å². The predicted octanol–water partition coefficient (Wildman–Crippen LogP) is 2.60. The number of thiophene rings is 1. The van der Waals surface area contributed by atoms with E-state index in [0.717, 1.165) is 37.3 Å². The highest BCUT2D eigenvalue weighted by Gasteiger charge is 2.19. The number of nitrogens with one attached hydrogen (secondary N) is 1. The summed E-state index contributed by atoms with van der Waals surface area (Å²) in [6.45, 7) is 4.04. The Balaban J connectivity index is 1.70. The Morgan fingerprint density at radius 2 is 2.21 bits per heavy atom. The highest BCUT2D eigenvalue weighted by molar-refractivity contribution is 7.09. The smallest absolute Gasteiger partial charge is 0.156 e. The van der Waals surface area contributed by atoms with Crippen molar-refractivity contribution in [3.05, 3.63) is 52.0 Å². The molecule has 0 amide bonds. The molecule has 0 unspecified atom stereocenters. The minimum Gasteiger partial charge on any atom is -0.389 e. The average molecular weight is 345 g/mol. The zero-order valence-electron chi connectivity index (χ0n) is 14.1. The summed E-state index contributed by atoms with van der Waals surface area (Å²) in [7, 11) is 0. The lowest BCUT2D eigenvalue weighted by Gasteiger charge is -2.17. The van der Waals surface area contributed by atoms with Crippen LogP contribution in [-0.4, -0.2) is 35.7 Å². The summed E-state index contributed by atoms with van der Waals surface area (Å²) in [6.07, 6.45) is 7.27. The van der Waals surface area contributed by atoms with Crippen LogP contribution >= 0.6 is 11.3 Å².